The molecule has 0 atom stereocenters. The molecule has 0 spiro atoms. The van der Waals surface area contributed by atoms with Gasteiger partial charge in [-0.1, -0.05) is 29.3 Å². The number of benzene rings is 1. The number of nitrogens with zero attached hydrogens (tertiary/aromatic N) is 1. The van der Waals surface area contributed by atoms with Crippen molar-refractivity contribution in [2.45, 2.75) is 13.5 Å². The van der Waals surface area contributed by atoms with Gasteiger partial charge in [0.15, 0.2) is 0 Å². The number of rotatable bonds is 5. The van der Waals surface area contributed by atoms with Crippen molar-refractivity contribution in [3.63, 3.8) is 0 Å². The van der Waals surface area contributed by atoms with Gasteiger partial charge in [-0.15, -0.1) is 0 Å². The third-order valence-corrected chi connectivity index (χ3v) is 2.90. The van der Waals surface area contributed by atoms with Crippen LogP contribution in [0.4, 0.5) is 0 Å². The van der Waals surface area contributed by atoms with E-state index in [9.17, 15) is 4.79 Å². The molecule has 0 aliphatic carbocycles. The van der Waals surface area contributed by atoms with Crippen molar-refractivity contribution in [2.24, 2.45) is 0 Å². The maximum atomic E-state index is 11.3. The molecular formula is C12H15Cl2NO2. The van der Waals surface area contributed by atoms with E-state index in [2.05, 4.69) is 0 Å². The smallest absolute Gasteiger partial charge is 0.320 e. The van der Waals surface area contributed by atoms with Crippen LogP contribution in [-0.2, 0) is 16.1 Å². The molecule has 0 radical (unpaired) electrons. The van der Waals surface area contributed by atoms with E-state index in [1.807, 2.05) is 11.9 Å². The molecule has 94 valence electrons. The van der Waals surface area contributed by atoms with Crippen LogP contribution in [0.25, 0.3) is 0 Å². The summed E-state index contributed by atoms with van der Waals surface area (Å²) in [6.45, 7) is 2.90. The number of hydrogen-bond acceptors (Lipinski definition) is 3. The van der Waals surface area contributed by atoms with Crippen LogP contribution in [-0.4, -0.2) is 31.1 Å². The third-order valence-electron chi connectivity index (χ3n) is 2.19. The maximum Gasteiger partial charge on any atom is 0.320 e. The lowest BCUT2D eigenvalue weighted by Gasteiger charge is -2.17. The van der Waals surface area contributed by atoms with Crippen molar-refractivity contribution in [2.75, 3.05) is 20.2 Å². The highest BCUT2D eigenvalue weighted by Gasteiger charge is 2.11. The van der Waals surface area contributed by atoms with E-state index < -0.39 is 0 Å². The molecule has 17 heavy (non-hydrogen) atoms. The standard InChI is InChI=1S/C12H15Cl2NO2/c1-3-17-12(16)8-15(2)7-9-10(13)5-4-6-11(9)14/h4-6H,3,7-8H2,1-2H3. The molecule has 0 N–H and O–H groups in total. The molecule has 3 nitrogen and oxygen atoms in total. The number of likely N-dealkylation sites (N-methyl/N-ethyl adjacent to an activating group) is 1. The van der Waals surface area contributed by atoms with Crippen molar-refractivity contribution < 1.29 is 9.53 Å². The second-order valence-electron chi connectivity index (χ2n) is 3.68. The molecule has 0 saturated heterocycles. The molecule has 0 unspecified atom stereocenters. The molecule has 0 fully saturated rings. The average Bonchev–Trinajstić information content (AvgIpc) is 2.24. The van der Waals surface area contributed by atoms with Gasteiger partial charge in [-0.25, -0.2) is 0 Å². The quantitative estimate of drug-likeness (QED) is 0.774. The molecule has 1 rings (SSSR count). The minimum absolute atomic E-state index is 0.218. The molecule has 1 aromatic carbocycles. The van der Waals surface area contributed by atoms with Crippen molar-refractivity contribution in [1.29, 1.82) is 0 Å². The molecular weight excluding hydrogens is 261 g/mol. The van der Waals surface area contributed by atoms with Crippen LogP contribution < -0.4 is 0 Å². The van der Waals surface area contributed by atoms with Gasteiger partial charge in [0.1, 0.15) is 0 Å². The zero-order valence-corrected chi connectivity index (χ0v) is 11.4. The van der Waals surface area contributed by atoms with E-state index in [0.717, 1.165) is 5.56 Å². The highest BCUT2D eigenvalue weighted by atomic mass is 35.5. The Morgan fingerprint density at radius 1 is 1.35 bits per heavy atom. The summed E-state index contributed by atoms with van der Waals surface area (Å²) in [5.41, 5.74) is 0.822. The topological polar surface area (TPSA) is 29.5 Å². The van der Waals surface area contributed by atoms with Crippen molar-refractivity contribution >= 4 is 29.2 Å². The molecule has 0 aliphatic rings. The summed E-state index contributed by atoms with van der Waals surface area (Å²) in [5.74, 6) is -0.252. The van der Waals surface area contributed by atoms with Gasteiger partial charge in [0.2, 0.25) is 0 Å². The highest BCUT2D eigenvalue weighted by Crippen LogP contribution is 2.25. The van der Waals surface area contributed by atoms with E-state index in [1.54, 1.807) is 25.1 Å². The largest absolute Gasteiger partial charge is 0.465 e. The van der Waals surface area contributed by atoms with Gasteiger partial charge < -0.3 is 4.74 Å². The Kier molecular flexibility index (Phi) is 5.75. The molecule has 1 aromatic rings. The first-order valence-electron chi connectivity index (χ1n) is 5.31. The number of carbonyl (C=O) groups excluding carboxylic acids is 1. The Morgan fingerprint density at radius 2 is 1.94 bits per heavy atom. The third kappa shape index (κ3) is 4.54. The van der Waals surface area contributed by atoms with E-state index in [0.29, 0.717) is 23.2 Å². The van der Waals surface area contributed by atoms with E-state index in [-0.39, 0.29) is 12.5 Å². The van der Waals surface area contributed by atoms with Crippen LogP contribution in [0.15, 0.2) is 18.2 Å². The first kappa shape index (κ1) is 14.3. The SMILES string of the molecule is CCOC(=O)CN(C)Cc1c(Cl)cccc1Cl. The molecule has 5 heteroatoms. The molecule has 0 aliphatic heterocycles. The predicted molar refractivity (Wildman–Crippen MR) is 69.4 cm³/mol. The van der Waals surface area contributed by atoms with Gasteiger partial charge in [-0.05, 0) is 26.1 Å². The highest BCUT2D eigenvalue weighted by molar-refractivity contribution is 6.35. The van der Waals surface area contributed by atoms with Crippen LogP contribution in [0.3, 0.4) is 0 Å². The summed E-state index contributed by atoms with van der Waals surface area (Å²) in [4.78, 5) is 13.1. The number of esters is 1. The van der Waals surface area contributed by atoms with Gasteiger partial charge in [0, 0.05) is 22.2 Å². The van der Waals surface area contributed by atoms with Gasteiger partial charge in [0.05, 0.1) is 13.2 Å². The maximum absolute atomic E-state index is 11.3. The minimum atomic E-state index is -0.252. The zero-order valence-electron chi connectivity index (χ0n) is 9.87. The Bertz CT molecular complexity index is 376. The van der Waals surface area contributed by atoms with Crippen LogP contribution in [0.5, 0.6) is 0 Å². The van der Waals surface area contributed by atoms with Gasteiger partial charge in [-0.3, -0.25) is 9.69 Å². The summed E-state index contributed by atoms with van der Waals surface area (Å²) in [5, 5.41) is 1.21. The average molecular weight is 276 g/mol. The lowest BCUT2D eigenvalue weighted by Crippen LogP contribution is -2.27. The molecule has 0 saturated carbocycles. The van der Waals surface area contributed by atoms with Crippen LogP contribution in [0, 0.1) is 0 Å². The molecule has 0 aromatic heterocycles. The Morgan fingerprint density at radius 3 is 2.47 bits per heavy atom. The number of ether oxygens (including phenoxy) is 1. The van der Waals surface area contributed by atoms with E-state index >= 15 is 0 Å². The fourth-order valence-corrected chi connectivity index (χ4v) is 1.95. The minimum Gasteiger partial charge on any atom is -0.465 e. The summed E-state index contributed by atoms with van der Waals surface area (Å²) in [6, 6.07) is 5.35. The summed E-state index contributed by atoms with van der Waals surface area (Å²) in [7, 11) is 1.82. The van der Waals surface area contributed by atoms with Gasteiger partial charge in [-0.2, -0.15) is 0 Å². The summed E-state index contributed by atoms with van der Waals surface area (Å²) < 4.78 is 4.86. The molecule has 0 heterocycles. The molecule has 0 amide bonds. The van der Waals surface area contributed by atoms with E-state index in [1.165, 1.54) is 0 Å². The van der Waals surface area contributed by atoms with Crippen molar-refractivity contribution in [1.82, 2.24) is 4.90 Å². The zero-order chi connectivity index (χ0) is 12.8. The Labute approximate surface area is 111 Å². The number of carbonyl (C=O) groups is 1. The lowest BCUT2D eigenvalue weighted by atomic mass is 10.2. The normalized spacial score (nSPS) is 10.6. The predicted octanol–water partition coefficient (Wildman–Crippen LogP) is 2.99. The fourth-order valence-electron chi connectivity index (χ4n) is 1.44. The van der Waals surface area contributed by atoms with Gasteiger partial charge in [0.25, 0.3) is 0 Å². The second-order valence-corrected chi connectivity index (χ2v) is 4.49. The first-order chi connectivity index (χ1) is 8.04. The number of halogens is 2. The number of hydrogen-bond donors (Lipinski definition) is 0. The van der Waals surface area contributed by atoms with E-state index in [4.69, 9.17) is 27.9 Å². The van der Waals surface area contributed by atoms with Gasteiger partial charge >= 0.3 is 5.97 Å². The molecule has 0 bridgehead atoms. The first-order valence-corrected chi connectivity index (χ1v) is 6.07. The van der Waals surface area contributed by atoms with Crippen molar-refractivity contribution in [3.05, 3.63) is 33.8 Å². The Balaban J connectivity index is 2.62. The second kappa shape index (κ2) is 6.84. The lowest BCUT2D eigenvalue weighted by molar-refractivity contribution is -0.144. The monoisotopic (exact) mass is 275 g/mol. The van der Waals surface area contributed by atoms with Crippen LogP contribution >= 0.6 is 23.2 Å². The van der Waals surface area contributed by atoms with Crippen LogP contribution in [0.1, 0.15) is 12.5 Å². The van der Waals surface area contributed by atoms with Crippen LogP contribution in [0.2, 0.25) is 10.0 Å². The fraction of sp³-hybridized carbons (Fsp3) is 0.417. The summed E-state index contributed by atoms with van der Waals surface area (Å²) >= 11 is 12.1. The Hall–Kier alpha value is -0.770. The van der Waals surface area contributed by atoms with Crippen molar-refractivity contribution in [3.8, 4) is 0 Å². The summed E-state index contributed by atoms with van der Waals surface area (Å²) in [6.07, 6.45) is 0.